The van der Waals surface area contributed by atoms with Crippen LogP contribution in [0.1, 0.15) is 21.6 Å². The van der Waals surface area contributed by atoms with Gasteiger partial charge in [0.15, 0.2) is 28.6 Å². The Labute approximate surface area is 193 Å². The first-order valence-electron chi connectivity index (χ1n) is 11.0. The topological polar surface area (TPSA) is 85.7 Å². The maximum atomic E-state index is 15.4. The Kier molecular flexibility index (Phi) is 5.25. The van der Waals surface area contributed by atoms with Gasteiger partial charge in [-0.05, 0) is 47.5 Å². The van der Waals surface area contributed by atoms with Gasteiger partial charge in [-0.15, -0.1) is 5.10 Å². The molecule has 0 saturated heterocycles. The van der Waals surface area contributed by atoms with Gasteiger partial charge in [0, 0.05) is 20.9 Å². The van der Waals surface area contributed by atoms with Crippen molar-refractivity contribution >= 4 is 11.6 Å². The molecule has 0 radical (unpaired) electrons. The molecular weight excluding hydrogens is 459 g/mol. The maximum absolute atomic E-state index is 15.4. The van der Waals surface area contributed by atoms with E-state index in [0.717, 1.165) is 36.4 Å². The van der Waals surface area contributed by atoms with Gasteiger partial charge < -0.3 is 15.6 Å². The van der Waals surface area contributed by atoms with E-state index in [4.69, 9.17) is 13.2 Å². The molecule has 2 aromatic carbocycles. The van der Waals surface area contributed by atoms with E-state index in [-0.39, 0.29) is 22.7 Å². The van der Waals surface area contributed by atoms with Crippen molar-refractivity contribution in [2.45, 2.75) is 24.8 Å². The lowest BCUT2D eigenvalue weighted by atomic mass is 9.86. The predicted molar refractivity (Wildman–Crippen MR) is 114 cm³/mol. The highest BCUT2D eigenvalue weighted by molar-refractivity contribution is 5.69. The van der Waals surface area contributed by atoms with Crippen molar-refractivity contribution < 1.29 is 34.5 Å². The van der Waals surface area contributed by atoms with Crippen molar-refractivity contribution in [2.75, 3.05) is 12.3 Å². The van der Waals surface area contributed by atoms with E-state index >= 15 is 13.2 Å². The van der Waals surface area contributed by atoms with E-state index in [0.29, 0.717) is 0 Å². The van der Waals surface area contributed by atoms with Gasteiger partial charge in [0.25, 0.3) is 5.92 Å². The SMILES string of the molecule is [2H]C([2H])CC(F)(F)C(O)(COc1c(F)ccc(-c2ccn3nc(N)nc3c2)c1F)c1ccc(F)cc1. The fourth-order valence-electron chi connectivity index (χ4n) is 3.43. The summed E-state index contributed by atoms with van der Waals surface area (Å²) in [5.74, 6) is -8.47. The highest BCUT2D eigenvalue weighted by atomic mass is 19.3. The summed E-state index contributed by atoms with van der Waals surface area (Å²) in [6, 6.07) is 8.15. The third kappa shape index (κ3) is 4.03. The fraction of sp³-hybridized carbons (Fsp3) is 0.217. The molecule has 1 atom stereocenters. The molecule has 11 heteroatoms. The summed E-state index contributed by atoms with van der Waals surface area (Å²) in [7, 11) is 0. The average Bonchev–Trinajstić information content (AvgIpc) is 3.17. The molecule has 3 N–H and O–H groups in total. The van der Waals surface area contributed by atoms with Crippen molar-refractivity contribution in [1.29, 1.82) is 0 Å². The number of rotatable bonds is 7. The van der Waals surface area contributed by atoms with Gasteiger partial charge in [0.2, 0.25) is 5.95 Å². The van der Waals surface area contributed by atoms with E-state index in [1.165, 1.54) is 22.8 Å². The summed E-state index contributed by atoms with van der Waals surface area (Å²) in [5.41, 5.74) is 2.10. The number of aromatic nitrogens is 3. The van der Waals surface area contributed by atoms with E-state index in [1.54, 1.807) is 0 Å². The molecule has 6 nitrogen and oxygen atoms in total. The lowest BCUT2D eigenvalue weighted by Crippen LogP contribution is -2.49. The molecule has 0 bridgehead atoms. The van der Waals surface area contributed by atoms with Gasteiger partial charge in [-0.3, -0.25) is 0 Å². The minimum atomic E-state index is -4.15. The zero-order valence-corrected chi connectivity index (χ0v) is 17.4. The largest absolute Gasteiger partial charge is 0.484 e. The van der Waals surface area contributed by atoms with Crippen molar-refractivity contribution in [1.82, 2.24) is 14.6 Å². The Morgan fingerprint density at radius 1 is 1.12 bits per heavy atom. The van der Waals surface area contributed by atoms with Crippen LogP contribution in [-0.4, -0.2) is 32.2 Å². The first-order valence-corrected chi connectivity index (χ1v) is 9.85. The number of benzene rings is 2. The van der Waals surface area contributed by atoms with Crippen LogP contribution in [0.5, 0.6) is 5.75 Å². The van der Waals surface area contributed by atoms with Crippen molar-refractivity contribution in [2.24, 2.45) is 0 Å². The molecule has 4 aromatic rings. The van der Waals surface area contributed by atoms with Crippen molar-refractivity contribution in [3.05, 3.63) is 77.7 Å². The van der Waals surface area contributed by atoms with Crippen LogP contribution >= 0.6 is 0 Å². The third-order valence-corrected chi connectivity index (χ3v) is 5.32. The molecule has 4 rings (SSSR count). The minimum Gasteiger partial charge on any atom is -0.484 e. The standard InChI is InChI=1S/C23H19F5N4O2/c1-2-23(27,28)22(33,14-3-5-15(24)6-4-14)12-34-20-17(25)8-7-16(19(20)26)13-9-10-32-18(11-13)30-21(29)31-32/h3-11,33H,2,12H2,1H3,(H2,29,31)/i1D2. The zero-order valence-electron chi connectivity index (χ0n) is 19.4. The minimum absolute atomic E-state index is 0.0284. The van der Waals surface area contributed by atoms with Gasteiger partial charge in [0.1, 0.15) is 12.4 Å². The number of nitrogen functional groups attached to an aromatic ring is 1. The Morgan fingerprint density at radius 3 is 2.56 bits per heavy atom. The molecule has 0 fully saturated rings. The number of halogens is 5. The smallest absolute Gasteiger partial charge is 0.283 e. The van der Waals surface area contributed by atoms with E-state index in [1.807, 2.05) is 0 Å². The summed E-state index contributed by atoms with van der Waals surface area (Å²) < 4.78 is 94.1. The summed E-state index contributed by atoms with van der Waals surface area (Å²) in [6.45, 7) is -3.40. The molecular formula is C23H19F5N4O2. The number of pyridine rings is 1. The number of hydrogen-bond donors (Lipinski definition) is 2. The first kappa shape index (κ1) is 20.8. The van der Waals surface area contributed by atoms with Gasteiger partial charge in [0.05, 0.1) is 0 Å². The Morgan fingerprint density at radius 2 is 1.85 bits per heavy atom. The molecule has 0 aliphatic carbocycles. The average molecular weight is 480 g/mol. The molecule has 2 aromatic heterocycles. The number of ether oxygens (including phenoxy) is 1. The molecule has 34 heavy (non-hydrogen) atoms. The van der Waals surface area contributed by atoms with Crippen LogP contribution in [0.2, 0.25) is 0 Å². The third-order valence-electron chi connectivity index (χ3n) is 5.32. The molecule has 0 aliphatic rings. The van der Waals surface area contributed by atoms with Crippen LogP contribution in [-0.2, 0) is 5.60 Å². The highest BCUT2D eigenvalue weighted by Gasteiger charge is 2.53. The molecule has 0 aliphatic heterocycles. The Bertz CT molecular complexity index is 1400. The number of aliphatic hydroxyl groups is 1. The lowest BCUT2D eigenvalue weighted by Gasteiger charge is -2.35. The summed E-state index contributed by atoms with van der Waals surface area (Å²) in [4.78, 5) is 3.96. The van der Waals surface area contributed by atoms with E-state index < -0.39 is 60.2 Å². The molecule has 2 heterocycles. The first-order chi connectivity index (χ1) is 16.9. The monoisotopic (exact) mass is 480 g/mol. The summed E-state index contributed by atoms with van der Waals surface area (Å²) in [5, 5.41) is 14.9. The van der Waals surface area contributed by atoms with Crippen LogP contribution in [0.25, 0.3) is 16.8 Å². The molecule has 1 unspecified atom stereocenters. The number of fused-ring (bicyclic) bond motifs is 1. The van der Waals surface area contributed by atoms with Gasteiger partial charge >= 0.3 is 0 Å². The molecule has 0 amide bonds. The zero-order chi connectivity index (χ0) is 26.3. The summed E-state index contributed by atoms with van der Waals surface area (Å²) in [6.07, 6.45) is 0.0139. The summed E-state index contributed by atoms with van der Waals surface area (Å²) >= 11 is 0. The van der Waals surface area contributed by atoms with E-state index in [2.05, 4.69) is 10.1 Å². The second kappa shape index (κ2) is 8.56. The number of nitrogens with two attached hydrogens (primary N) is 1. The molecule has 0 spiro atoms. The van der Waals surface area contributed by atoms with Crippen molar-refractivity contribution in [3.8, 4) is 16.9 Å². The second-order valence-electron chi connectivity index (χ2n) is 7.49. The lowest BCUT2D eigenvalue weighted by molar-refractivity contribution is -0.203. The Hall–Kier alpha value is -3.73. The van der Waals surface area contributed by atoms with Crippen LogP contribution < -0.4 is 10.5 Å². The number of anilines is 1. The normalized spacial score (nSPS) is 14.7. The molecule has 0 saturated carbocycles. The van der Waals surface area contributed by atoms with Crippen molar-refractivity contribution in [3.63, 3.8) is 0 Å². The van der Waals surface area contributed by atoms with Gasteiger partial charge in [-0.2, -0.15) is 4.98 Å². The van der Waals surface area contributed by atoms with Crippen LogP contribution in [0, 0.1) is 17.5 Å². The Balaban J connectivity index is 1.72. The van der Waals surface area contributed by atoms with Crippen LogP contribution in [0.3, 0.4) is 0 Å². The number of alkyl halides is 2. The fourth-order valence-corrected chi connectivity index (χ4v) is 3.43. The van der Waals surface area contributed by atoms with E-state index in [9.17, 15) is 13.9 Å². The molecule has 178 valence electrons. The second-order valence-corrected chi connectivity index (χ2v) is 7.49. The predicted octanol–water partition coefficient (Wildman–Crippen LogP) is 4.71. The quantitative estimate of drug-likeness (QED) is 0.375. The number of nitrogens with zero attached hydrogens (tertiary/aromatic N) is 3. The van der Waals surface area contributed by atoms with Crippen LogP contribution in [0.4, 0.5) is 27.9 Å². The van der Waals surface area contributed by atoms with Gasteiger partial charge in [-0.25, -0.2) is 26.5 Å². The highest BCUT2D eigenvalue weighted by Crippen LogP contribution is 2.41. The maximum Gasteiger partial charge on any atom is 0.283 e. The number of hydrogen-bond acceptors (Lipinski definition) is 5. The van der Waals surface area contributed by atoms with Gasteiger partial charge in [-0.1, -0.05) is 19.0 Å². The van der Waals surface area contributed by atoms with Crippen LogP contribution in [0.15, 0.2) is 54.7 Å².